The quantitative estimate of drug-likeness (QED) is 0.331. The molecule has 0 unspecified atom stereocenters. The van der Waals surface area contributed by atoms with Crippen LogP contribution in [0.15, 0.2) is 72.8 Å². The number of carbonyl (C=O) groups is 1. The minimum absolute atomic E-state index is 0.151. The van der Waals surface area contributed by atoms with E-state index in [1.54, 1.807) is 36.4 Å². The average Bonchev–Trinajstić information content (AvgIpc) is 2.68. The van der Waals surface area contributed by atoms with Gasteiger partial charge in [-0.2, -0.15) is 0 Å². The summed E-state index contributed by atoms with van der Waals surface area (Å²) in [4.78, 5) is 8.98. The SMILES string of the molecule is CC(C)(C)c1ccc(O)cc1.CC(C)(c1ccc(O)cc1)c1ccc(O)cc1.O=C(Cl)Cl. The number of aromatic hydroxyl groups is 3. The van der Waals surface area contributed by atoms with Gasteiger partial charge in [-0.05, 0) is 81.7 Å². The second kappa shape index (κ2) is 11.8. The van der Waals surface area contributed by atoms with Crippen LogP contribution in [-0.4, -0.2) is 20.0 Å². The number of carbonyl (C=O) groups excluding carboxylic acids is 1. The normalized spacial score (nSPS) is 10.8. The molecule has 0 aliphatic carbocycles. The van der Waals surface area contributed by atoms with Crippen LogP contribution in [0, 0.1) is 0 Å². The summed E-state index contributed by atoms with van der Waals surface area (Å²) < 4.78 is -0.889. The molecule has 172 valence electrons. The molecule has 32 heavy (non-hydrogen) atoms. The van der Waals surface area contributed by atoms with E-state index in [-0.39, 0.29) is 22.3 Å². The van der Waals surface area contributed by atoms with Crippen molar-refractivity contribution in [3.8, 4) is 17.2 Å². The molecule has 0 aromatic heterocycles. The van der Waals surface area contributed by atoms with E-state index < -0.39 is 4.70 Å². The lowest BCUT2D eigenvalue weighted by atomic mass is 9.78. The van der Waals surface area contributed by atoms with E-state index in [1.165, 1.54) is 5.56 Å². The summed E-state index contributed by atoms with van der Waals surface area (Å²) in [6.45, 7) is 10.7. The topological polar surface area (TPSA) is 77.8 Å². The number of phenols is 3. The summed E-state index contributed by atoms with van der Waals surface area (Å²) in [5.41, 5.74) is 3.52. The largest absolute Gasteiger partial charge is 0.508 e. The Morgan fingerprint density at radius 2 is 0.781 bits per heavy atom. The van der Waals surface area contributed by atoms with E-state index in [2.05, 4.69) is 57.8 Å². The highest BCUT2D eigenvalue weighted by Gasteiger charge is 2.22. The smallest absolute Gasteiger partial charge is 0.313 e. The van der Waals surface area contributed by atoms with Gasteiger partial charge in [-0.15, -0.1) is 0 Å². The van der Waals surface area contributed by atoms with Gasteiger partial charge in [-0.25, -0.2) is 0 Å². The van der Waals surface area contributed by atoms with Crippen molar-refractivity contribution < 1.29 is 20.1 Å². The first-order valence-electron chi connectivity index (χ1n) is 9.97. The van der Waals surface area contributed by atoms with Crippen LogP contribution in [-0.2, 0) is 10.8 Å². The van der Waals surface area contributed by atoms with Crippen LogP contribution < -0.4 is 0 Å². The van der Waals surface area contributed by atoms with E-state index in [9.17, 15) is 10.2 Å². The molecule has 0 fully saturated rings. The van der Waals surface area contributed by atoms with Gasteiger partial charge in [-0.1, -0.05) is 71.0 Å². The zero-order valence-corrected chi connectivity index (χ0v) is 20.4. The molecule has 0 radical (unpaired) electrons. The van der Waals surface area contributed by atoms with Crippen LogP contribution in [0.1, 0.15) is 51.3 Å². The molecule has 0 saturated heterocycles. The highest BCUT2D eigenvalue weighted by molar-refractivity contribution is 6.93. The Balaban J connectivity index is 0.000000293. The monoisotopic (exact) mass is 476 g/mol. The number of benzene rings is 3. The molecule has 0 atom stereocenters. The molecule has 3 N–H and O–H groups in total. The van der Waals surface area contributed by atoms with Crippen LogP contribution in [0.3, 0.4) is 0 Å². The Kier molecular flexibility index (Phi) is 10.1. The van der Waals surface area contributed by atoms with Crippen molar-refractivity contribution in [2.45, 2.75) is 45.4 Å². The highest BCUT2D eigenvalue weighted by atomic mass is 35.5. The molecule has 4 nitrogen and oxygen atoms in total. The van der Waals surface area contributed by atoms with Crippen LogP contribution in [0.5, 0.6) is 17.2 Å². The van der Waals surface area contributed by atoms with Gasteiger partial charge in [0, 0.05) is 5.41 Å². The number of halogens is 2. The van der Waals surface area contributed by atoms with Gasteiger partial charge in [0.25, 0.3) is 0 Å². The van der Waals surface area contributed by atoms with E-state index in [4.69, 9.17) is 9.90 Å². The third-order valence-electron chi connectivity index (χ3n) is 4.91. The van der Waals surface area contributed by atoms with E-state index in [0.29, 0.717) is 5.75 Å². The molecular weight excluding hydrogens is 447 g/mol. The van der Waals surface area contributed by atoms with Crippen molar-refractivity contribution in [3.05, 3.63) is 89.5 Å². The third-order valence-corrected chi connectivity index (χ3v) is 4.91. The van der Waals surface area contributed by atoms with Gasteiger partial charge < -0.3 is 15.3 Å². The van der Waals surface area contributed by atoms with Crippen molar-refractivity contribution in [3.63, 3.8) is 0 Å². The standard InChI is InChI=1S/C15H16O2.C10H14O.CCl2O/c1-15(2,11-3-7-13(16)8-4-11)12-5-9-14(17)10-6-12;1-10(2,3)8-4-6-9(11)7-5-8;2-1(3)4/h3-10,16-17H,1-2H3;4-7,11H,1-3H3;. The molecule has 3 aromatic carbocycles. The van der Waals surface area contributed by atoms with Gasteiger partial charge in [0.05, 0.1) is 0 Å². The first kappa shape index (κ1) is 27.3. The molecule has 0 aliphatic heterocycles. The lowest BCUT2D eigenvalue weighted by Crippen LogP contribution is -2.18. The molecule has 0 saturated carbocycles. The summed E-state index contributed by atoms with van der Waals surface area (Å²) in [6, 6.07) is 21.8. The second-order valence-corrected chi connectivity index (χ2v) is 9.62. The Labute approximate surface area is 200 Å². The van der Waals surface area contributed by atoms with Crippen molar-refractivity contribution in [1.82, 2.24) is 0 Å². The van der Waals surface area contributed by atoms with Gasteiger partial charge in [0.2, 0.25) is 0 Å². The number of hydrogen-bond donors (Lipinski definition) is 3. The molecule has 0 bridgehead atoms. The summed E-state index contributed by atoms with van der Waals surface area (Å²) in [5, 5.41) is 27.6. The van der Waals surface area contributed by atoms with Crippen molar-refractivity contribution >= 4 is 27.9 Å². The number of phenolic OH excluding ortho intramolecular Hbond substituents is 3. The minimum atomic E-state index is -0.889. The average molecular weight is 477 g/mol. The van der Waals surface area contributed by atoms with Crippen molar-refractivity contribution in [2.24, 2.45) is 0 Å². The number of rotatable bonds is 2. The van der Waals surface area contributed by atoms with Gasteiger partial charge in [0.15, 0.2) is 0 Å². The maximum absolute atomic E-state index is 9.30. The zero-order chi connectivity index (χ0) is 24.5. The summed E-state index contributed by atoms with van der Waals surface area (Å²) in [7, 11) is 0. The van der Waals surface area contributed by atoms with E-state index in [0.717, 1.165) is 11.1 Å². The Morgan fingerprint density at radius 3 is 1.00 bits per heavy atom. The van der Waals surface area contributed by atoms with Gasteiger partial charge in [0.1, 0.15) is 17.2 Å². The van der Waals surface area contributed by atoms with Crippen molar-refractivity contribution in [2.75, 3.05) is 0 Å². The Hall–Kier alpha value is -2.69. The van der Waals surface area contributed by atoms with E-state index in [1.807, 2.05) is 36.4 Å². The minimum Gasteiger partial charge on any atom is -0.508 e. The van der Waals surface area contributed by atoms with Crippen LogP contribution in [0.25, 0.3) is 0 Å². The van der Waals surface area contributed by atoms with Crippen LogP contribution >= 0.6 is 23.2 Å². The summed E-state index contributed by atoms with van der Waals surface area (Å²) in [5.74, 6) is 0.878. The first-order chi connectivity index (χ1) is 14.7. The first-order valence-corrected chi connectivity index (χ1v) is 10.7. The Bertz CT molecular complexity index is 921. The molecule has 6 heteroatoms. The molecule has 0 aliphatic rings. The molecule has 0 amide bonds. The second-order valence-electron chi connectivity index (χ2n) is 8.74. The fraction of sp³-hybridized carbons (Fsp3) is 0.269. The van der Waals surface area contributed by atoms with E-state index >= 15 is 0 Å². The maximum Gasteiger partial charge on any atom is 0.313 e. The highest BCUT2D eigenvalue weighted by Crippen LogP contribution is 2.32. The fourth-order valence-corrected chi connectivity index (χ4v) is 2.88. The van der Waals surface area contributed by atoms with Crippen LogP contribution in [0.4, 0.5) is 4.79 Å². The van der Waals surface area contributed by atoms with Crippen LogP contribution in [0.2, 0.25) is 0 Å². The number of hydrogen-bond acceptors (Lipinski definition) is 4. The maximum atomic E-state index is 9.30. The zero-order valence-electron chi connectivity index (χ0n) is 18.9. The Morgan fingerprint density at radius 1 is 0.562 bits per heavy atom. The molecule has 0 spiro atoms. The molecular formula is C26H30Cl2O4. The summed E-state index contributed by atoms with van der Waals surface area (Å²) in [6.07, 6.45) is 0. The van der Waals surface area contributed by atoms with Gasteiger partial charge in [-0.3, -0.25) is 4.79 Å². The third kappa shape index (κ3) is 9.21. The lowest BCUT2D eigenvalue weighted by Gasteiger charge is -2.26. The predicted octanol–water partition coefficient (Wildman–Crippen LogP) is 7.70. The molecule has 0 heterocycles. The predicted molar refractivity (Wildman–Crippen MR) is 132 cm³/mol. The summed E-state index contributed by atoms with van der Waals surface area (Å²) >= 11 is 8.80. The molecule has 3 aromatic rings. The van der Waals surface area contributed by atoms with Gasteiger partial charge >= 0.3 is 4.70 Å². The fourth-order valence-electron chi connectivity index (χ4n) is 2.88. The van der Waals surface area contributed by atoms with Crippen molar-refractivity contribution in [1.29, 1.82) is 0 Å². The lowest BCUT2D eigenvalue weighted by molar-refractivity contribution is 0.275. The molecule has 3 rings (SSSR count).